The molecule has 9 N–H and O–H groups in total. The van der Waals surface area contributed by atoms with E-state index in [1.807, 2.05) is 0 Å². The van der Waals surface area contributed by atoms with Crippen LogP contribution in [0.25, 0.3) is 5.73 Å². The molecule has 253 valence electrons. The van der Waals surface area contributed by atoms with Crippen LogP contribution in [-0.2, 0) is 17.1 Å². The van der Waals surface area contributed by atoms with Gasteiger partial charge in [0.15, 0.2) is 0 Å². The van der Waals surface area contributed by atoms with Gasteiger partial charge < -0.3 is 12.2 Å². The first kappa shape index (κ1) is 32.7. The van der Waals surface area contributed by atoms with E-state index in [2.05, 4.69) is 49.0 Å². The van der Waals surface area contributed by atoms with E-state index >= 15 is 0 Å². The molecule has 44 heavy (non-hydrogen) atoms. The van der Waals surface area contributed by atoms with Crippen molar-refractivity contribution in [1.29, 1.82) is 0 Å². The normalized spacial score (nSPS) is 52.8. The van der Waals surface area contributed by atoms with E-state index in [0.29, 0.717) is 67.7 Å². The number of hydrogen-bond acceptors (Lipinski definition) is 8. The molecular formula is C34H61CuN9. The van der Waals surface area contributed by atoms with Crippen molar-refractivity contribution >= 4 is 0 Å². The standard InChI is InChI=1S/C32H55N8.C2H6N.Cu/c1-2-10-18-17(9-1)25-33-26(18)38-28-21-13-5-6-14-22(21)30(35-28)40-32-24-16-8-7-15-23(24)31(36-32)39-29-20-12-4-3-11-19(20)27(34-29)37-25;1-2-3;/h9,17-40H,1-8,10-16H2;3H,2H2,1H3;/q2*-1;+2. The third-order valence-corrected chi connectivity index (χ3v) is 13.6. The zero-order chi connectivity index (χ0) is 28.9. The topological polar surface area (TPSA) is 120 Å². The summed E-state index contributed by atoms with van der Waals surface area (Å²) in [5.41, 5.74) is 6.21. The van der Waals surface area contributed by atoms with Gasteiger partial charge in [0.2, 0.25) is 0 Å². The fraction of sp³-hybridized carbons (Fsp3) is 0.971. The minimum Gasteiger partial charge on any atom is -0.678 e. The molecule has 10 heteroatoms. The van der Waals surface area contributed by atoms with E-state index < -0.39 is 0 Å². The van der Waals surface area contributed by atoms with Crippen LogP contribution in [0.5, 0.6) is 0 Å². The molecule has 9 nitrogen and oxygen atoms in total. The van der Waals surface area contributed by atoms with Gasteiger partial charge in [-0.05, 0) is 80.0 Å². The molecule has 0 amide bonds. The second-order valence-corrected chi connectivity index (χ2v) is 15.8. The molecule has 0 aromatic heterocycles. The van der Waals surface area contributed by atoms with E-state index in [0.717, 1.165) is 35.5 Å². The van der Waals surface area contributed by atoms with E-state index in [4.69, 9.17) is 5.73 Å². The van der Waals surface area contributed by atoms with Gasteiger partial charge in [-0.3, -0.25) is 42.5 Å². The van der Waals surface area contributed by atoms with Gasteiger partial charge in [0.25, 0.3) is 0 Å². The molecule has 9 fully saturated rings. The van der Waals surface area contributed by atoms with Gasteiger partial charge in [-0.1, -0.05) is 58.3 Å². The number of nitrogens with one attached hydrogen (secondary N) is 9. The molecule has 5 heterocycles. The van der Waals surface area contributed by atoms with Crippen LogP contribution in [0.2, 0.25) is 0 Å². The summed E-state index contributed by atoms with van der Waals surface area (Å²) in [7, 11) is 0. The van der Waals surface area contributed by atoms with E-state index in [9.17, 15) is 0 Å². The average molecular weight is 659 g/mol. The molecule has 16 atom stereocenters. The largest absolute Gasteiger partial charge is 2.00 e. The Kier molecular flexibility index (Phi) is 10.6. The van der Waals surface area contributed by atoms with Gasteiger partial charge in [-0.15, -0.1) is 5.92 Å². The third-order valence-electron chi connectivity index (χ3n) is 13.6. The molecule has 16 unspecified atom stereocenters. The third kappa shape index (κ3) is 6.11. The van der Waals surface area contributed by atoms with Gasteiger partial charge in [0.1, 0.15) is 0 Å². The Morgan fingerprint density at radius 1 is 0.432 bits per heavy atom. The van der Waals surface area contributed by atoms with Gasteiger partial charge in [-0.25, -0.2) is 0 Å². The molecule has 5 aliphatic heterocycles. The van der Waals surface area contributed by atoms with Gasteiger partial charge in [-0.2, -0.15) is 13.0 Å². The Hall–Kier alpha value is 0.159. The van der Waals surface area contributed by atoms with E-state index in [-0.39, 0.29) is 17.1 Å². The molecule has 0 aromatic rings. The van der Waals surface area contributed by atoms with Gasteiger partial charge in [0.05, 0.1) is 43.2 Å². The predicted octanol–water partition coefficient (Wildman–Crippen LogP) is 3.48. The maximum absolute atomic E-state index is 6.21. The summed E-state index contributed by atoms with van der Waals surface area (Å²) < 4.78 is 0. The van der Waals surface area contributed by atoms with Crippen molar-refractivity contribution in [3.63, 3.8) is 0 Å². The summed E-state index contributed by atoms with van der Waals surface area (Å²) in [5.74, 6) is 5.74. The van der Waals surface area contributed by atoms with Crippen LogP contribution in [0.3, 0.4) is 0 Å². The van der Waals surface area contributed by atoms with Gasteiger partial charge in [0, 0.05) is 6.17 Å². The Morgan fingerprint density at radius 2 is 0.682 bits per heavy atom. The smallest absolute Gasteiger partial charge is 0.678 e. The minimum atomic E-state index is 0. The van der Waals surface area contributed by atoms with Crippen molar-refractivity contribution in [2.45, 2.75) is 153 Å². The second-order valence-electron chi connectivity index (χ2n) is 15.8. The number of rotatable bonds is 0. The summed E-state index contributed by atoms with van der Waals surface area (Å²) in [6, 6.07) is 0. The van der Waals surface area contributed by atoms with Crippen LogP contribution in [0, 0.1) is 53.8 Å². The molecule has 0 aromatic carbocycles. The van der Waals surface area contributed by atoms with Crippen molar-refractivity contribution in [1.82, 2.24) is 42.5 Å². The first-order valence-corrected chi connectivity index (χ1v) is 18.8. The van der Waals surface area contributed by atoms with Crippen LogP contribution in [0.15, 0.2) is 0 Å². The summed E-state index contributed by atoms with van der Waals surface area (Å²) in [5, 5.41) is 33.7. The molecule has 4 aliphatic carbocycles. The first-order valence-electron chi connectivity index (χ1n) is 18.8. The Labute approximate surface area is 277 Å². The Bertz CT molecular complexity index is 734. The monoisotopic (exact) mass is 658 g/mol. The average Bonchev–Trinajstić information content (AvgIpc) is 3.77. The fourth-order valence-corrected chi connectivity index (χ4v) is 11.7. The van der Waals surface area contributed by atoms with Crippen molar-refractivity contribution in [2.24, 2.45) is 47.3 Å². The predicted molar refractivity (Wildman–Crippen MR) is 172 cm³/mol. The number of hydrogen-bond donors (Lipinski definition) is 8. The molecule has 4 saturated carbocycles. The SMILES string of the molecule is CC[NH-].[CH-]1CCCC2C3NC(NC4NC(NC5NC(NC6NC(N3)C3CCCCC63)C3CCCCC53)C3CCCCC43)C12.[Cu+2]. The molecule has 9 rings (SSSR count). The first-order chi connectivity index (χ1) is 21.2. The zero-order valence-corrected chi connectivity index (χ0v) is 27.9. The van der Waals surface area contributed by atoms with Crippen molar-refractivity contribution in [3.05, 3.63) is 12.2 Å². The zero-order valence-electron chi connectivity index (χ0n) is 26.9. The van der Waals surface area contributed by atoms with Crippen LogP contribution in [0.1, 0.15) is 103 Å². The molecule has 0 spiro atoms. The van der Waals surface area contributed by atoms with Crippen LogP contribution >= 0.6 is 0 Å². The van der Waals surface area contributed by atoms with Crippen molar-refractivity contribution < 1.29 is 17.1 Å². The number of fused-ring (bicyclic) bond motifs is 20. The Morgan fingerprint density at radius 3 is 1.00 bits per heavy atom. The summed E-state index contributed by atoms with van der Waals surface area (Å²) in [4.78, 5) is 0. The summed E-state index contributed by atoms with van der Waals surface area (Å²) in [6.45, 7) is 2.29. The van der Waals surface area contributed by atoms with Crippen molar-refractivity contribution in [3.8, 4) is 0 Å². The maximum Gasteiger partial charge on any atom is 2.00 e. The fourth-order valence-electron chi connectivity index (χ4n) is 11.7. The molecule has 9 aliphatic rings. The molecule has 5 saturated heterocycles. The maximum atomic E-state index is 6.21. The van der Waals surface area contributed by atoms with E-state index in [1.165, 1.54) is 96.3 Å². The molecule has 1 radical (unpaired) electrons. The summed E-state index contributed by atoms with van der Waals surface area (Å²) >= 11 is 0. The van der Waals surface area contributed by atoms with Crippen molar-refractivity contribution in [2.75, 3.05) is 6.54 Å². The van der Waals surface area contributed by atoms with Crippen LogP contribution in [-0.4, -0.2) is 55.9 Å². The summed E-state index contributed by atoms with van der Waals surface area (Å²) in [6.07, 6.45) is 26.4. The van der Waals surface area contributed by atoms with E-state index in [1.54, 1.807) is 6.92 Å². The molecular weight excluding hydrogens is 598 g/mol. The van der Waals surface area contributed by atoms with Crippen LogP contribution in [0.4, 0.5) is 0 Å². The second kappa shape index (κ2) is 14.3. The quantitative estimate of drug-likeness (QED) is 0.147. The van der Waals surface area contributed by atoms with Gasteiger partial charge >= 0.3 is 17.1 Å². The van der Waals surface area contributed by atoms with Crippen LogP contribution < -0.4 is 42.5 Å². The minimum absolute atomic E-state index is 0. The molecule has 8 bridgehead atoms. The Balaban J connectivity index is 0.000000753.